The Morgan fingerprint density at radius 1 is 0.967 bits per heavy atom. The summed E-state index contributed by atoms with van der Waals surface area (Å²) >= 11 is 12.2. The number of anilines is 1. The van der Waals surface area contributed by atoms with Gasteiger partial charge in [0.25, 0.3) is 5.91 Å². The average Bonchev–Trinajstić information content (AvgIpc) is 3.15. The van der Waals surface area contributed by atoms with E-state index in [1.54, 1.807) is 41.1 Å². The van der Waals surface area contributed by atoms with E-state index in [2.05, 4.69) is 21.5 Å². The molecule has 7 heteroatoms. The van der Waals surface area contributed by atoms with Crippen LogP contribution < -0.4 is 5.32 Å². The normalized spacial score (nSPS) is 10.8. The van der Waals surface area contributed by atoms with Crippen molar-refractivity contribution in [3.05, 3.63) is 93.7 Å². The summed E-state index contributed by atoms with van der Waals surface area (Å²) < 4.78 is 1.68. The van der Waals surface area contributed by atoms with Gasteiger partial charge in [-0.25, -0.2) is 9.67 Å². The molecule has 0 aliphatic heterocycles. The van der Waals surface area contributed by atoms with E-state index >= 15 is 0 Å². The fourth-order valence-electron chi connectivity index (χ4n) is 3.15. The fourth-order valence-corrected chi connectivity index (χ4v) is 3.45. The molecule has 0 aliphatic carbocycles. The molecule has 0 bridgehead atoms. The lowest BCUT2D eigenvalue weighted by Crippen LogP contribution is -2.14. The Balaban J connectivity index is 1.80. The summed E-state index contributed by atoms with van der Waals surface area (Å²) in [5.74, 6) is 0.143. The summed E-state index contributed by atoms with van der Waals surface area (Å²) in [6, 6.07) is 20.3. The fraction of sp³-hybridized carbons (Fsp3) is 0.0870. The lowest BCUT2D eigenvalue weighted by molar-refractivity contribution is 0.101. The predicted molar refractivity (Wildman–Crippen MR) is 121 cm³/mol. The Morgan fingerprint density at radius 2 is 1.70 bits per heavy atom. The highest BCUT2D eigenvalue weighted by molar-refractivity contribution is 6.33. The number of benzene rings is 3. The molecular weight excluding hydrogens is 419 g/mol. The second-order valence-electron chi connectivity index (χ2n) is 6.90. The molecule has 0 atom stereocenters. The molecule has 4 rings (SSSR count). The van der Waals surface area contributed by atoms with Crippen LogP contribution in [0, 0.1) is 13.8 Å². The number of rotatable bonds is 4. The first-order valence-electron chi connectivity index (χ1n) is 9.29. The lowest BCUT2D eigenvalue weighted by Gasteiger charge is -2.10. The minimum atomic E-state index is -0.443. The molecule has 30 heavy (non-hydrogen) atoms. The van der Waals surface area contributed by atoms with Crippen LogP contribution in [0.4, 0.5) is 5.69 Å². The largest absolute Gasteiger partial charge is 0.318 e. The smallest absolute Gasteiger partial charge is 0.295 e. The molecule has 1 heterocycles. The Hall–Kier alpha value is -3.15. The molecule has 0 aliphatic rings. The van der Waals surface area contributed by atoms with Crippen molar-refractivity contribution < 1.29 is 4.79 Å². The van der Waals surface area contributed by atoms with Crippen molar-refractivity contribution in [3.8, 4) is 17.1 Å². The zero-order valence-corrected chi connectivity index (χ0v) is 17.9. The maximum absolute atomic E-state index is 12.9. The van der Waals surface area contributed by atoms with Gasteiger partial charge in [0, 0.05) is 10.6 Å². The summed E-state index contributed by atoms with van der Waals surface area (Å²) in [4.78, 5) is 17.4. The molecule has 0 saturated heterocycles. The maximum Gasteiger partial charge on any atom is 0.295 e. The molecule has 150 valence electrons. The van der Waals surface area contributed by atoms with Crippen LogP contribution in [0.25, 0.3) is 17.1 Å². The van der Waals surface area contributed by atoms with E-state index in [4.69, 9.17) is 23.2 Å². The highest BCUT2D eigenvalue weighted by Gasteiger charge is 2.20. The van der Waals surface area contributed by atoms with Gasteiger partial charge in [-0.2, -0.15) is 0 Å². The summed E-state index contributed by atoms with van der Waals surface area (Å²) in [5, 5.41) is 8.35. The van der Waals surface area contributed by atoms with E-state index in [0.717, 1.165) is 22.4 Å². The molecule has 0 unspecified atom stereocenters. The highest BCUT2D eigenvalue weighted by atomic mass is 35.5. The second kappa shape index (κ2) is 8.30. The van der Waals surface area contributed by atoms with Gasteiger partial charge in [0.15, 0.2) is 5.82 Å². The van der Waals surface area contributed by atoms with Crippen molar-refractivity contribution >= 4 is 34.8 Å². The van der Waals surface area contributed by atoms with Gasteiger partial charge in [-0.05, 0) is 61.9 Å². The Bertz CT molecular complexity index is 1230. The number of aromatic nitrogens is 3. The van der Waals surface area contributed by atoms with Gasteiger partial charge in [0.2, 0.25) is 5.82 Å². The monoisotopic (exact) mass is 436 g/mol. The van der Waals surface area contributed by atoms with E-state index < -0.39 is 5.91 Å². The van der Waals surface area contributed by atoms with E-state index in [9.17, 15) is 4.79 Å². The summed E-state index contributed by atoms with van der Waals surface area (Å²) in [7, 11) is 0. The van der Waals surface area contributed by atoms with Crippen LogP contribution in [0.5, 0.6) is 0 Å². The minimum Gasteiger partial charge on any atom is -0.318 e. The third kappa shape index (κ3) is 4.08. The second-order valence-corrected chi connectivity index (χ2v) is 7.75. The molecule has 1 aromatic heterocycles. The third-order valence-corrected chi connectivity index (χ3v) is 5.20. The van der Waals surface area contributed by atoms with Crippen LogP contribution in [0.1, 0.15) is 21.7 Å². The molecule has 0 saturated carbocycles. The number of nitrogens with zero attached hydrogens (tertiary/aromatic N) is 3. The number of carbonyl (C=O) groups is 1. The van der Waals surface area contributed by atoms with Gasteiger partial charge in [-0.1, -0.05) is 53.0 Å². The number of carbonyl (C=O) groups excluding carboxylic acids is 1. The average molecular weight is 437 g/mol. The Labute approximate surface area is 184 Å². The third-order valence-electron chi connectivity index (χ3n) is 4.62. The van der Waals surface area contributed by atoms with Crippen LogP contribution in [-0.4, -0.2) is 20.7 Å². The summed E-state index contributed by atoms with van der Waals surface area (Å²) in [6.07, 6.45) is 0. The van der Waals surface area contributed by atoms with Crippen LogP contribution in [0.15, 0.2) is 66.7 Å². The molecule has 1 N–H and O–H groups in total. The van der Waals surface area contributed by atoms with Crippen LogP contribution in [0.3, 0.4) is 0 Å². The topological polar surface area (TPSA) is 59.8 Å². The molecule has 0 spiro atoms. The van der Waals surface area contributed by atoms with Gasteiger partial charge in [-0.15, -0.1) is 5.10 Å². The summed E-state index contributed by atoms with van der Waals surface area (Å²) in [6.45, 7) is 4.03. The van der Waals surface area contributed by atoms with Crippen molar-refractivity contribution in [3.63, 3.8) is 0 Å². The number of hydrogen-bond donors (Lipinski definition) is 1. The van der Waals surface area contributed by atoms with E-state index in [1.165, 1.54) is 0 Å². The number of amides is 1. The minimum absolute atomic E-state index is 0.0415. The molecular formula is C23H18Cl2N4O. The number of hydrogen-bond acceptors (Lipinski definition) is 3. The predicted octanol–water partition coefficient (Wildman–Crippen LogP) is 6.11. The van der Waals surface area contributed by atoms with E-state index in [-0.39, 0.29) is 5.82 Å². The lowest BCUT2D eigenvalue weighted by atomic mass is 10.1. The Kier molecular flexibility index (Phi) is 5.57. The first-order chi connectivity index (χ1) is 14.4. The molecule has 4 aromatic rings. The highest BCUT2D eigenvalue weighted by Crippen LogP contribution is 2.26. The van der Waals surface area contributed by atoms with Gasteiger partial charge in [0.1, 0.15) is 0 Å². The van der Waals surface area contributed by atoms with Gasteiger partial charge >= 0.3 is 0 Å². The standard InChI is InChI=1S/C23H18Cl2N4O/c1-14-7-12-20(15(2)13-14)29-22(16-8-10-17(24)11-9-16)27-21(28-29)23(30)26-19-6-4-3-5-18(19)25/h3-13H,1-2H3,(H,26,30). The molecule has 0 radical (unpaired) electrons. The SMILES string of the molecule is Cc1ccc(-n2nc(C(=O)Nc3ccccc3Cl)nc2-c2ccc(Cl)cc2)c(C)c1. The van der Waals surface area contributed by atoms with Gasteiger partial charge in [0.05, 0.1) is 16.4 Å². The zero-order valence-electron chi connectivity index (χ0n) is 16.4. The van der Waals surface area contributed by atoms with Crippen LogP contribution in [0.2, 0.25) is 10.0 Å². The van der Waals surface area contributed by atoms with Crippen molar-refractivity contribution in [2.45, 2.75) is 13.8 Å². The Morgan fingerprint density at radius 3 is 2.40 bits per heavy atom. The number of halogens is 2. The van der Waals surface area contributed by atoms with E-state index in [0.29, 0.717) is 21.6 Å². The number of aryl methyl sites for hydroxylation is 2. The number of para-hydroxylation sites is 1. The van der Waals surface area contributed by atoms with Crippen molar-refractivity contribution in [2.24, 2.45) is 0 Å². The number of nitrogens with one attached hydrogen (secondary N) is 1. The molecule has 0 fully saturated rings. The van der Waals surface area contributed by atoms with Crippen LogP contribution in [-0.2, 0) is 0 Å². The maximum atomic E-state index is 12.9. The zero-order chi connectivity index (χ0) is 21.3. The van der Waals surface area contributed by atoms with Gasteiger partial charge in [-0.3, -0.25) is 4.79 Å². The molecule has 3 aromatic carbocycles. The van der Waals surface area contributed by atoms with Crippen molar-refractivity contribution in [2.75, 3.05) is 5.32 Å². The first kappa shape index (κ1) is 20.1. The first-order valence-corrected chi connectivity index (χ1v) is 10.0. The van der Waals surface area contributed by atoms with Gasteiger partial charge < -0.3 is 5.32 Å². The summed E-state index contributed by atoms with van der Waals surface area (Å²) in [5.41, 5.74) is 4.30. The van der Waals surface area contributed by atoms with E-state index in [1.807, 2.05) is 38.1 Å². The van der Waals surface area contributed by atoms with Crippen LogP contribution >= 0.6 is 23.2 Å². The van der Waals surface area contributed by atoms with Crippen molar-refractivity contribution in [1.29, 1.82) is 0 Å². The van der Waals surface area contributed by atoms with Crippen molar-refractivity contribution in [1.82, 2.24) is 14.8 Å². The quantitative estimate of drug-likeness (QED) is 0.419. The molecule has 5 nitrogen and oxygen atoms in total. The molecule has 1 amide bonds.